The molecule has 131 heavy (non-hydrogen) atoms. The first kappa shape index (κ1) is 97.2. The first-order valence-corrected chi connectivity index (χ1v) is 48.2. The van der Waals surface area contributed by atoms with E-state index in [9.17, 15) is 23.6 Å². The van der Waals surface area contributed by atoms with Gasteiger partial charge in [0.1, 0.15) is 90.6 Å². The summed E-state index contributed by atoms with van der Waals surface area (Å²) in [4.78, 5) is 90.0. The van der Waals surface area contributed by atoms with Crippen LogP contribution >= 0.6 is 91.8 Å². The molecule has 0 radical (unpaired) electrons. The monoisotopic (exact) mass is 1910 g/mol. The third-order valence-electron chi connectivity index (χ3n) is 23.1. The average molecular weight is 1910 g/mol. The van der Waals surface area contributed by atoms with Crippen LogP contribution in [-0.4, -0.2) is 111 Å². The first-order chi connectivity index (χ1) is 62.8. The number of thiophene rings is 4. The summed E-state index contributed by atoms with van der Waals surface area (Å²) in [5, 5.41) is 41.3. The summed E-state index contributed by atoms with van der Waals surface area (Å²) >= 11 is 30.8. The van der Waals surface area contributed by atoms with Gasteiger partial charge in [-0.3, -0.25) is 57.4 Å². The maximum Gasteiger partial charge on any atom is 0.249 e. The lowest BCUT2D eigenvalue weighted by Crippen LogP contribution is -2.12. The summed E-state index contributed by atoms with van der Waals surface area (Å²) in [6.07, 6.45) is 5.46. The van der Waals surface area contributed by atoms with E-state index in [1.807, 2.05) is 159 Å². The molecule has 1 unspecified atom stereocenters. The van der Waals surface area contributed by atoms with E-state index in [0.29, 0.717) is 99.9 Å². The Balaban J connectivity index is 0.000000149. The Kier molecular flexibility index (Phi) is 32.2. The molecule has 0 amide bonds. The normalized spacial score (nSPS) is 15.1. The Morgan fingerprint density at radius 1 is 0.359 bits per heavy atom. The lowest BCUT2D eigenvalue weighted by atomic mass is 9.99. The van der Waals surface area contributed by atoms with Crippen molar-refractivity contribution >= 4 is 138 Å². The second-order valence-corrected chi connectivity index (χ2v) is 39.7. The molecule has 16 rings (SSSR count). The van der Waals surface area contributed by atoms with Crippen molar-refractivity contribution in [2.45, 2.75) is 237 Å². The van der Waals surface area contributed by atoms with Crippen molar-refractivity contribution in [2.75, 3.05) is 0 Å². The van der Waals surface area contributed by atoms with Crippen LogP contribution < -0.4 is 0 Å². The van der Waals surface area contributed by atoms with E-state index in [1.54, 1.807) is 46.1 Å². The Morgan fingerprint density at radius 2 is 0.580 bits per heavy atom. The molecule has 33 heteroatoms. The molecule has 0 fully saturated rings. The van der Waals surface area contributed by atoms with Gasteiger partial charge in [0.2, 0.25) is 26.2 Å². The zero-order chi connectivity index (χ0) is 93.9. The van der Waals surface area contributed by atoms with Gasteiger partial charge in [0, 0.05) is 116 Å². The predicted molar refractivity (Wildman–Crippen MR) is 521 cm³/mol. The number of unbranched alkanes of at least 4 members (excludes halogenated alkanes) is 1. The van der Waals surface area contributed by atoms with Crippen LogP contribution in [0.25, 0.3) is 39.4 Å². The molecule has 12 aromatic rings. The van der Waals surface area contributed by atoms with Gasteiger partial charge in [0.05, 0.1) is 48.5 Å². The van der Waals surface area contributed by atoms with Crippen LogP contribution in [0.3, 0.4) is 0 Å². The summed E-state index contributed by atoms with van der Waals surface area (Å²) in [6.45, 7) is 58.4. The fraction of sp³-hybridized carbons (Fsp3) is 0.388. The highest BCUT2D eigenvalue weighted by Gasteiger charge is 2.40. The van der Waals surface area contributed by atoms with Gasteiger partial charge in [-0.15, -0.1) is 86.1 Å². The van der Waals surface area contributed by atoms with Crippen LogP contribution in [0, 0.1) is 93.5 Å². The number of alkyl halides is 1. The standard InChI is InChI=1S/2C25H26ClN5OS.C24H23ClFN5OS.C24H24ClN5OS/c2*1-14(2)6-11-19(32)12-20-24-30-29-16(4)31(24)25-22(15(3)21(33-25)13-27-5)23(28-20)17-7-9-18(26)10-8-17;1-13(26)5-10-18(32)11-19-23-30-29-15(3)31(23)24-21(14(2)20(33-24)12-27-4)22(28-19)16-6-8-17(25)9-7-16;1-5-6-7-18(31)12-19-23-29-28-15(3)30(23)24-21(14(2)20(32-24)13-26-4)22(27-19)16-8-10-17(25)11-9-16/h2*7-10,14,20H,6,11-13H2,1-4H3;6-9,13,19H,5,10-12H2,1-3H3;8-11,19H,5-7,12-13H2,1-3H3/t2*20-;13?,19-;19-/m0000/s1. The summed E-state index contributed by atoms with van der Waals surface area (Å²) in [6, 6.07) is 28.4. The van der Waals surface area contributed by atoms with Crippen molar-refractivity contribution in [3.8, 4) is 20.0 Å². The molecule has 4 aliphatic heterocycles. The minimum atomic E-state index is -1.03. The number of benzene rings is 4. The van der Waals surface area contributed by atoms with E-state index in [-0.39, 0.29) is 68.2 Å². The maximum atomic E-state index is 13.3. The second kappa shape index (κ2) is 43.3. The quantitative estimate of drug-likeness (QED) is 0.0415. The number of aryl methyl sites for hydroxylation is 4. The lowest BCUT2D eigenvalue weighted by molar-refractivity contribution is -0.120. The van der Waals surface area contributed by atoms with E-state index < -0.39 is 30.3 Å². The molecule has 0 saturated heterocycles. The maximum absolute atomic E-state index is 13.3. The Bertz CT molecular complexity index is 6140. The van der Waals surface area contributed by atoms with Crippen LogP contribution in [0.5, 0.6) is 0 Å². The van der Waals surface area contributed by atoms with Crippen LogP contribution in [0.15, 0.2) is 117 Å². The number of rotatable bonds is 28. The number of hydrogen-bond acceptors (Lipinski definition) is 20. The van der Waals surface area contributed by atoms with E-state index in [2.05, 4.69) is 94.8 Å². The van der Waals surface area contributed by atoms with E-state index in [4.69, 9.17) is 92.7 Å². The third-order valence-corrected chi connectivity index (χ3v) is 29.1. The molecule has 24 nitrogen and oxygen atoms in total. The molecule has 12 heterocycles. The van der Waals surface area contributed by atoms with Gasteiger partial charge >= 0.3 is 0 Å². The summed E-state index contributed by atoms with van der Waals surface area (Å²) < 4.78 is 21.3. The largest absolute Gasteiger partial charge is 0.311 e. The van der Waals surface area contributed by atoms with Gasteiger partial charge in [-0.2, -0.15) is 0 Å². The molecule has 0 saturated carbocycles. The number of Topliss-reactive ketones (excluding diaryl/α,β-unsaturated/α-hetero) is 4. The van der Waals surface area contributed by atoms with Gasteiger partial charge in [0.15, 0.2) is 23.3 Å². The van der Waals surface area contributed by atoms with Crippen LogP contribution in [0.2, 0.25) is 20.1 Å². The molecule has 0 aliphatic carbocycles. The van der Waals surface area contributed by atoms with Crippen molar-refractivity contribution in [3.63, 3.8) is 0 Å². The minimum absolute atomic E-state index is 0.0634. The summed E-state index contributed by atoms with van der Waals surface area (Å²) in [7, 11) is 0. The molecule has 0 spiro atoms. The number of fused-ring (bicyclic) bond motifs is 12. The fourth-order valence-corrected chi connectivity index (χ4v) is 21.7. The predicted octanol–water partition coefficient (Wildman–Crippen LogP) is 24.7. The van der Waals surface area contributed by atoms with Crippen molar-refractivity contribution in [2.24, 2.45) is 31.8 Å². The Labute approximate surface area is 798 Å². The van der Waals surface area contributed by atoms with E-state index in [1.165, 1.54) is 18.3 Å². The number of halogens is 5. The second-order valence-electron chi connectivity index (χ2n) is 33.6. The summed E-state index contributed by atoms with van der Waals surface area (Å²) in [5.41, 5.74) is 14.7. The number of ketones is 4. The molecule has 0 bridgehead atoms. The topological polar surface area (TPSA) is 258 Å². The average Bonchev–Trinajstić information content (AvgIpc) is 1.60. The zero-order valence-electron chi connectivity index (χ0n) is 75.4. The Hall–Kier alpha value is -11.4. The number of aliphatic imine (C=N–C) groups is 4. The van der Waals surface area contributed by atoms with Crippen molar-refractivity contribution in [1.29, 1.82) is 0 Å². The van der Waals surface area contributed by atoms with Gasteiger partial charge in [-0.25, -0.2) is 30.7 Å². The van der Waals surface area contributed by atoms with Gasteiger partial charge in [-0.1, -0.05) is 136 Å². The highest BCUT2D eigenvalue weighted by atomic mass is 35.5. The van der Waals surface area contributed by atoms with Crippen LogP contribution in [0.4, 0.5) is 4.39 Å². The highest BCUT2D eigenvalue weighted by molar-refractivity contribution is 7.16. The molecule has 674 valence electrons. The van der Waals surface area contributed by atoms with Gasteiger partial charge < -0.3 is 19.4 Å². The molecule has 5 atom stereocenters. The molecule has 4 aromatic carbocycles. The van der Waals surface area contributed by atoms with Crippen molar-refractivity contribution in [3.05, 3.63) is 296 Å². The number of aromatic nitrogens is 12. The summed E-state index contributed by atoms with van der Waals surface area (Å²) in [5.74, 6) is 6.93. The number of carbonyl (C=O) groups is 4. The lowest BCUT2D eigenvalue weighted by Gasteiger charge is -2.13. The van der Waals surface area contributed by atoms with Crippen molar-refractivity contribution < 1.29 is 23.6 Å². The molecule has 8 aromatic heterocycles. The fourth-order valence-electron chi connectivity index (χ4n) is 16.1. The Morgan fingerprint density at radius 3 is 0.786 bits per heavy atom. The first-order valence-electron chi connectivity index (χ1n) is 43.4. The van der Waals surface area contributed by atoms with E-state index >= 15 is 0 Å². The molecular weight excluding hydrogens is 1810 g/mol. The van der Waals surface area contributed by atoms with E-state index in [0.717, 1.165) is 172 Å². The van der Waals surface area contributed by atoms with Crippen LogP contribution in [-0.2, 0) is 45.4 Å². The van der Waals surface area contributed by atoms with Gasteiger partial charge in [0.25, 0.3) is 0 Å². The smallest absolute Gasteiger partial charge is 0.249 e. The minimum Gasteiger partial charge on any atom is -0.311 e. The highest BCUT2D eigenvalue weighted by Crippen LogP contribution is 2.47. The third kappa shape index (κ3) is 21.9. The van der Waals surface area contributed by atoms with Gasteiger partial charge in [-0.05, 0) is 171 Å². The molecular formula is C98H99Cl4FN20O4S4. The number of nitrogens with zero attached hydrogens (tertiary/aromatic N) is 20. The zero-order valence-corrected chi connectivity index (χ0v) is 81.7. The van der Waals surface area contributed by atoms with Crippen LogP contribution in [0.1, 0.15) is 282 Å². The SMILES string of the molecule is [C-]#[N+]Cc1sc2c(c1C)C(c1ccc(Cl)cc1)=N[C@@H](CC(=O)CCC(C)C)c1nnc(C)n1-2.[C-]#[N+]Cc1sc2c(c1C)C(c1ccc(Cl)cc1)=N[C@@H](CC(=O)CCC(C)C)c1nnc(C)n1-2.[C-]#[N+]Cc1sc2c(c1C)C(c1ccc(Cl)cc1)=N[C@@H](CC(=O)CCC(C)F)c1nnc(C)n1-2.[C-]#[N+]Cc1sc2c(c1C)C(c1ccc(Cl)cc1)=N[C@@H](CC(=O)CCCC)c1nnc(C)n1-2. The van der Waals surface area contributed by atoms with Crippen molar-refractivity contribution in [1.82, 2.24) is 59.1 Å². The number of carbonyl (C=O) groups excluding carboxylic acids is 4. The molecule has 4 aliphatic rings. The number of hydrogen-bond donors (Lipinski definition) is 0. The molecule has 0 N–H and O–H groups in total.